The Balaban J connectivity index is 1.58. The van der Waals surface area contributed by atoms with Crippen LogP contribution in [0.15, 0.2) is 48.5 Å². The topological polar surface area (TPSA) is 113 Å². The van der Waals surface area contributed by atoms with Crippen LogP contribution >= 0.6 is 0 Å². The SMILES string of the molecule is O=C(O)CCCC[C@@H](NC(=O)OCC1c2ccccc2-c2ccccc21)C(=O)O. The third-order valence-electron chi connectivity index (χ3n) is 5.07. The first-order chi connectivity index (χ1) is 14.0. The molecule has 0 aliphatic heterocycles. The highest BCUT2D eigenvalue weighted by atomic mass is 16.5. The summed E-state index contributed by atoms with van der Waals surface area (Å²) in [6.45, 7) is 0.102. The van der Waals surface area contributed by atoms with Crippen LogP contribution in [0.2, 0.25) is 0 Å². The lowest BCUT2D eigenvalue weighted by Crippen LogP contribution is -2.41. The van der Waals surface area contributed by atoms with Gasteiger partial charge in [0, 0.05) is 12.3 Å². The van der Waals surface area contributed by atoms with Crippen LogP contribution in [0.1, 0.15) is 42.7 Å². The van der Waals surface area contributed by atoms with Crippen molar-refractivity contribution in [3.63, 3.8) is 0 Å². The fourth-order valence-corrected chi connectivity index (χ4v) is 3.66. The van der Waals surface area contributed by atoms with Gasteiger partial charge in [0.15, 0.2) is 0 Å². The van der Waals surface area contributed by atoms with Gasteiger partial charge in [0.25, 0.3) is 0 Å². The molecule has 0 unspecified atom stereocenters. The van der Waals surface area contributed by atoms with Gasteiger partial charge in [0.05, 0.1) is 0 Å². The molecule has 3 N–H and O–H groups in total. The standard InChI is InChI=1S/C22H23NO6/c24-20(25)12-6-5-11-19(21(26)27)23-22(28)29-13-18-16-9-3-1-7-14(16)15-8-2-4-10-17(15)18/h1-4,7-10,18-19H,5-6,11-13H2,(H,23,28)(H,24,25)(H,26,27)/t19-/m1/s1. The molecule has 0 aromatic heterocycles. The molecule has 1 amide bonds. The summed E-state index contributed by atoms with van der Waals surface area (Å²) in [5.74, 6) is -2.21. The molecule has 29 heavy (non-hydrogen) atoms. The van der Waals surface area contributed by atoms with Crippen molar-refractivity contribution in [1.29, 1.82) is 0 Å². The molecule has 1 atom stereocenters. The maximum absolute atomic E-state index is 12.2. The van der Waals surface area contributed by atoms with Gasteiger partial charge in [-0.2, -0.15) is 0 Å². The number of alkyl carbamates (subject to hydrolysis) is 1. The van der Waals surface area contributed by atoms with Crippen LogP contribution in [0.3, 0.4) is 0 Å². The third kappa shape index (κ3) is 4.93. The van der Waals surface area contributed by atoms with Gasteiger partial charge in [-0.25, -0.2) is 9.59 Å². The molecule has 0 bridgehead atoms. The number of carbonyl (C=O) groups is 3. The van der Waals surface area contributed by atoms with Crippen molar-refractivity contribution < 1.29 is 29.3 Å². The minimum atomic E-state index is -1.17. The number of nitrogens with one attached hydrogen (secondary N) is 1. The predicted molar refractivity (Wildman–Crippen MR) is 106 cm³/mol. The quantitative estimate of drug-likeness (QED) is 0.557. The fourth-order valence-electron chi connectivity index (χ4n) is 3.66. The van der Waals surface area contributed by atoms with E-state index in [1.165, 1.54) is 0 Å². The molecule has 1 aliphatic carbocycles. The second-order valence-corrected chi connectivity index (χ2v) is 7.00. The first kappa shape index (κ1) is 20.4. The zero-order valence-corrected chi connectivity index (χ0v) is 15.8. The molecule has 0 fully saturated rings. The zero-order valence-electron chi connectivity index (χ0n) is 15.8. The van der Waals surface area contributed by atoms with Crippen LogP contribution < -0.4 is 5.32 Å². The van der Waals surface area contributed by atoms with Crippen LogP contribution in [-0.2, 0) is 14.3 Å². The molecular formula is C22H23NO6. The van der Waals surface area contributed by atoms with Crippen LogP contribution in [0.25, 0.3) is 11.1 Å². The largest absolute Gasteiger partial charge is 0.481 e. The Bertz CT molecular complexity index is 864. The third-order valence-corrected chi connectivity index (χ3v) is 5.07. The van der Waals surface area contributed by atoms with Crippen molar-refractivity contribution in [2.24, 2.45) is 0 Å². The molecule has 1 aliphatic rings. The minimum Gasteiger partial charge on any atom is -0.481 e. The molecule has 0 saturated carbocycles. The van der Waals surface area contributed by atoms with E-state index in [4.69, 9.17) is 9.84 Å². The average molecular weight is 397 g/mol. The summed E-state index contributed by atoms with van der Waals surface area (Å²) in [5, 5.41) is 20.3. The highest BCUT2D eigenvalue weighted by Gasteiger charge is 2.29. The zero-order chi connectivity index (χ0) is 20.8. The van der Waals surface area contributed by atoms with Crippen LogP contribution in [0.5, 0.6) is 0 Å². The van der Waals surface area contributed by atoms with Crippen molar-refractivity contribution in [3.05, 3.63) is 59.7 Å². The number of unbranched alkanes of at least 4 members (excludes halogenated alkanes) is 1. The van der Waals surface area contributed by atoms with Gasteiger partial charge in [0.2, 0.25) is 0 Å². The first-order valence-electron chi connectivity index (χ1n) is 9.53. The summed E-state index contributed by atoms with van der Waals surface area (Å²) < 4.78 is 5.36. The summed E-state index contributed by atoms with van der Waals surface area (Å²) in [4.78, 5) is 34.1. The molecule has 7 heteroatoms. The molecular weight excluding hydrogens is 374 g/mol. The van der Waals surface area contributed by atoms with Crippen molar-refractivity contribution >= 4 is 18.0 Å². The number of hydrogen-bond acceptors (Lipinski definition) is 4. The number of aliphatic carboxylic acids is 2. The average Bonchev–Trinajstić information content (AvgIpc) is 3.02. The Morgan fingerprint density at radius 2 is 1.52 bits per heavy atom. The highest BCUT2D eigenvalue weighted by molar-refractivity contribution is 5.81. The minimum absolute atomic E-state index is 0.0305. The number of carboxylic acids is 2. The maximum atomic E-state index is 12.2. The Morgan fingerprint density at radius 3 is 2.07 bits per heavy atom. The van der Waals surface area contributed by atoms with E-state index < -0.39 is 24.1 Å². The normalized spacial score (nSPS) is 13.2. The number of ether oxygens (including phenoxy) is 1. The number of hydrogen-bond donors (Lipinski definition) is 3. The number of carboxylic acid groups (broad SMARTS) is 2. The summed E-state index contributed by atoms with van der Waals surface area (Å²) in [6.07, 6.45) is 0.0557. The van der Waals surface area contributed by atoms with Crippen LogP contribution in [0, 0.1) is 0 Å². The van der Waals surface area contributed by atoms with Crippen molar-refractivity contribution in [2.45, 2.75) is 37.6 Å². The van der Waals surface area contributed by atoms with E-state index in [2.05, 4.69) is 5.32 Å². The fraction of sp³-hybridized carbons (Fsp3) is 0.318. The number of benzene rings is 2. The van der Waals surface area contributed by atoms with E-state index in [1.54, 1.807) is 0 Å². The van der Waals surface area contributed by atoms with E-state index >= 15 is 0 Å². The summed E-state index contributed by atoms with van der Waals surface area (Å²) in [5.41, 5.74) is 4.37. The monoisotopic (exact) mass is 397 g/mol. The highest BCUT2D eigenvalue weighted by Crippen LogP contribution is 2.44. The molecule has 0 saturated heterocycles. The number of carbonyl (C=O) groups excluding carboxylic acids is 1. The maximum Gasteiger partial charge on any atom is 0.407 e. The van der Waals surface area contributed by atoms with Crippen LogP contribution in [0.4, 0.5) is 4.79 Å². The Morgan fingerprint density at radius 1 is 0.931 bits per heavy atom. The lowest BCUT2D eigenvalue weighted by molar-refractivity contribution is -0.139. The van der Waals surface area contributed by atoms with Gasteiger partial charge in [0.1, 0.15) is 12.6 Å². The number of amides is 1. The number of rotatable bonds is 9. The molecule has 0 heterocycles. The van der Waals surface area contributed by atoms with Gasteiger partial charge in [-0.3, -0.25) is 4.79 Å². The second kappa shape index (κ2) is 9.23. The predicted octanol–water partition coefficient (Wildman–Crippen LogP) is 3.62. The smallest absolute Gasteiger partial charge is 0.407 e. The summed E-state index contributed by atoms with van der Waals surface area (Å²) in [6, 6.07) is 14.8. The van der Waals surface area contributed by atoms with E-state index in [0.29, 0.717) is 12.8 Å². The molecule has 0 spiro atoms. The van der Waals surface area contributed by atoms with Crippen molar-refractivity contribution in [3.8, 4) is 11.1 Å². The van der Waals surface area contributed by atoms with Crippen molar-refractivity contribution in [2.75, 3.05) is 6.61 Å². The van der Waals surface area contributed by atoms with Gasteiger partial charge in [-0.15, -0.1) is 0 Å². The van der Waals surface area contributed by atoms with E-state index in [1.807, 2.05) is 48.5 Å². The molecule has 152 valence electrons. The van der Waals surface area contributed by atoms with Gasteiger partial charge in [-0.05, 0) is 35.1 Å². The molecule has 3 rings (SSSR count). The second-order valence-electron chi connectivity index (χ2n) is 7.00. The van der Waals surface area contributed by atoms with Crippen LogP contribution in [-0.4, -0.2) is 40.9 Å². The Hall–Kier alpha value is -3.35. The lowest BCUT2D eigenvalue weighted by Gasteiger charge is -2.17. The number of fused-ring (bicyclic) bond motifs is 3. The van der Waals surface area contributed by atoms with Gasteiger partial charge < -0.3 is 20.3 Å². The molecule has 7 nitrogen and oxygen atoms in total. The first-order valence-corrected chi connectivity index (χ1v) is 9.53. The molecule has 0 radical (unpaired) electrons. The van der Waals surface area contributed by atoms with Gasteiger partial charge >= 0.3 is 18.0 Å². The van der Waals surface area contributed by atoms with E-state index in [-0.39, 0.29) is 25.4 Å². The Labute approximate surface area is 168 Å². The molecule has 2 aromatic carbocycles. The summed E-state index contributed by atoms with van der Waals surface area (Å²) in [7, 11) is 0. The van der Waals surface area contributed by atoms with E-state index in [9.17, 15) is 19.5 Å². The summed E-state index contributed by atoms with van der Waals surface area (Å²) >= 11 is 0. The van der Waals surface area contributed by atoms with Gasteiger partial charge in [-0.1, -0.05) is 55.0 Å². The lowest BCUT2D eigenvalue weighted by atomic mass is 9.98. The van der Waals surface area contributed by atoms with Crippen molar-refractivity contribution in [1.82, 2.24) is 5.32 Å². The van der Waals surface area contributed by atoms with E-state index in [0.717, 1.165) is 22.3 Å². The molecule has 2 aromatic rings. The Kier molecular flexibility index (Phi) is 6.49.